The first-order chi connectivity index (χ1) is 35.6. The zero-order valence-electron chi connectivity index (χ0n) is 46.8. The van der Waals surface area contributed by atoms with E-state index in [0.29, 0.717) is 17.1 Å². The maximum absolute atomic E-state index is 15.2. The predicted octanol–water partition coefficient (Wildman–Crippen LogP) is 10.1. The highest BCUT2D eigenvalue weighted by Gasteiger charge is 2.37. The standard InChI is InChI=1S/C58H73N5O14/c1-32-26-44(65)47(63(15)50(67)37(24-25-59-52(70)75-56(6,7)8)30-43(64)41-31-60-48(61-33(41)2)35-17-20-38(21-18-35)55(3,4)5)36-19-23-46(74-54(72)77-58(12,13)14)40(29-36)39-27-34(28-42(51(68)69)62-49(32)66)16-22-45(39)73-53(71)76-57(9,10)11/h16-23,27,29,31-32,37,42,47H,24-26,28,30H2,1-15H3,(H,59,70)(H,62,66)(H,68,69)/t32-,37-,42+,47+/m1/s1. The van der Waals surface area contributed by atoms with Crippen LogP contribution in [0.1, 0.15) is 148 Å². The number of likely N-dealkylation sites (N-methyl/N-ethyl adjacent to an activating group) is 1. The Morgan fingerprint density at radius 1 is 0.766 bits per heavy atom. The van der Waals surface area contributed by atoms with Gasteiger partial charge in [-0.2, -0.15) is 0 Å². The Bertz CT molecular complexity index is 2890. The fourth-order valence-electron chi connectivity index (χ4n) is 8.35. The molecule has 3 N–H and O–H groups in total. The van der Waals surface area contributed by atoms with Crippen molar-refractivity contribution in [2.24, 2.45) is 11.8 Å². The number of fused-ring (bicyclic) bond motifs is 5. The Labute approximate surface area is 450 Å². The van der Waals surface area contributed by atoms with Crippen molar-refractivity contribution in [2.45, 2.75) is 157 Å². The van der Waals surface area contributed by atoms with Gasteiger partial charge in [0.1, 0.15) is 40.4 Å². The third-order valence-electron chi connectivity index (χ3n) is 12.1. The molecule has 0 radical (unpaired) electrons. The van der Waals surface area contributed by atoms with E-state index in [1.54, 1.807) is 69.2 Å². The molecule has 1 aromatic heterocycles. The maximum Gasteiger partial charge on any atom is 0.514 e. The number of rotatable bonds is 12. The lowest BCUT2D eigenvalue weighted by Gasteiger charge is -2.32. The molecular weight excluding hydrogens is 991 g/mol. The molecule has 4 aromatic rings. The summed E-state index contributed by atoms with van der Waals surface area (Å²) in [6.07, 6.45) is -2.91. The lowest BCUT2D eigenvalue weighted by atomic mass is 9.86. The number of Topliss-reactive ketones (excluding diaryl/α,β-unsaturated/α-hetero) is 2. The number of ketones is 2. The second kappa shape index (κ2) is 24.1. The number of hydrogen-bond donors (Lipinski definition) is 3. The normalized spacial score (nSPS) is 16.6. The van der Waals surface area contributed by atoms with Crippen LogP contribution in [0.4, 0.5) is 14.4 Å². The summed E-state index contributed by atoms with van der Waals surface area (Å²) in [5.41, 5.74) is -0.0308. The largest absolute Gasteiger partial charge is 0.514 e. The molecule has 414 valence electrons. The average molecular weight is 1060 g/mol. The van der Waals surface area contributed by atoms with Crippen molar-refractivity contribution in [1.29, 1.82) is 0 Å². The van der Waals surface area contributed by atoms with Crippen LogP contribution >= 0.6 is 0 Å². The van der Waals surface area contributed by atoms with Crippen LogP contribution in [0.2, 0.25) is 0 Å². The Kier molecular flexibility index (Phi) is 18.8. The second-order valence-electron chi connectivity index (χ2n) is 23.3. The van der Waals surface area contributed by atoms with Gasteiger partial charge in [0.05, 0.1) is 11.3 Å². The molecule has 0 unspecified atom stereocenters. The number of aryl methyl sites for hydroxylation is 1. The summed E-state index contributed by atoms with van der Waals surface area (Å²) in [5.74, 6) is -6.26. The van der Waals surface area contributed by atoms with Crippen LogP contribution in [0.5, 0.6) is 11.5 Å². The van der Waals surface area contributed by atoms with Crippen molar-refractivity contribution in [3.05, 3.63) is 94.8 Å². The number of carbonyl (C=O) groups is 8. The van der Waals surface area contributed by atoms with E-state index in [9.17, 15) is 38.7 Å². The van der Waals surface area contributed by atoms with Crippen LogP contribution in [0, 0.1) is 18.8 Å². The smallest absolute Gasteiger partial charge is 0.480 e. The minimum Gasteiger partial charge on any atom is -0.480 e. The minimum absolute atomic E-state index is 0.0331. The SMILES string of the molecule is Cc1nc(-c2ccc(C(C)(C)C)cc2)ncc1C(=O)C[C@@H](CCNC(=O)OC(C)(C)C)C(=O)N(C)[C@@H]1C(=O)C[C@@H](C)C(=O)N[C@H](C(=O)O)Cc2ccc(OC(=O)OC(C)(C)C)c(c2)-c2cc1ccc2OC(=O)OC(C)(C)C. The number of aromatic nitrogens is 2. The van der Waals surface area contributed by atoms with E-state index in [1.165, 1.54) is 56.6 Å². The average Bonchev–Trinajstić information content (AvgIpc) is 3.29. The number of aliphatic carboxylic acids is 1. The lowest BCUT2D eigenvalue weighted by Crippen LogP contribution is -2.46. The molecule has 4 atom stereocenters. The van der Waals surface area contributed by atoms with Crippen LogP contribution < -0.4 is 20.1 Å². The molecule has 1 aliphatic heterocycles. The van der Waals surface area contributed by atoms with Gasteiger partial charge in [-0.05, 0) is 122 Å². The van der Waals surface area contributed by atoms with E-state index >= 15 is 4.79 Å². The van der Waals surface area contributed by atoms with Gasteiger partial charge in [0.25, 0.3) is 0 Å². The Morgan fingerprint density at radius 3 is 1.86 bits per heavy atom. The zero-order chi connectivity index (χ0) is 57.5. The van der Waals surface area contributed by atoms with Crippen molar-refractivity contribution in [3.8, 4) is 34.0 Å². The Balaban J connectivity index is 1.66. The molecule has 0 aliphatic carbocycles. The summed E-state index contributed by atoms with van der Waals surface area (Å²) in [5, 5.41) is 15.5. The Hall–Kier alpha value is -7.70. The molecule has 0 saturated heterocycles. The van der Waals surface area contributed by atoms with Gasteiger partial charge in [-0.15, -0.1) is 0 Å². The number of amides is 3. The van der Waals surface area contributed by atoms with Gasteiger partial charge in [0.15, 0.2) is 17.4 Å². The van der Waals surface area contributed by atoms with Crippen LogP contribution in [-0.2, 0) is 45.2 Å². The maximum atomic E-state index is 15.2. The van der Waals surface area contributed by atoms with Crippen molar-refractivity contribution in [1.82, 2.24) is 25.5 Å². The first-order valence-electron chi connectivity index (χ1n) is 25.4. The fourth-order valence-corrected chi connectivity index (χ4v) is 8.35. The number of benzene rings is 3. The summed E-state index contributed by atoms with van der Waals surface area (Å²) in [4.78, 5) is 121. The van der Waals surface area contributed by atoms with Crippen molar-refractivity contribution < 1.29 is 67.1 Å². The lowest BCUT2D eigenvalue weighted by molar-refractivity contribution is -0.144. The molecule has 19 heteroatoms. The second-order valence-corrected chi connectivity index (χ2v) is 23.3. The molecule has 1 aliphatic rings. The molecule has 0 fully saturated rings. The van der Waals surface area contributed by atoms with Crippen LogP contribution in [0.25, 0.3) is 22.5 Å². The monoisotopic (exact) mass is 1060 g/mol. The number of ether oxygens (including phenoxy) is 5. The van der Waals surface area contributed by atoms with Crippen LogP contribution in [-0.4, -0.2) is 104 Å². The van der Waals surface area contributed by atoms with E-state index in [0.717, 1.165) is 16.0 Å². The third kappa shape index (κ3) is 17.2. The molecule has 3 amide bonds. The van der Waals surface area contributed by atoms with Gasteiger partial charge >= 0.3 is 24.4 Å². The summed E-state index contributed by atoms with van der Waals surface area (Å²) < 4.78 is 27.9. The molecule has 5 rings (SSSR count). The fraction of sp³-hybridized carbons (Fsp3) is 0.483. The highest BCUT2D eigenvalue weighted by molar-refractivity contribution is 6.00. The predicted molar refractivity (Wildman–Crippen MR) is 285 cm³/mol. The number of carbonyl (C=O) groups excluding carboxylic acids is 7. The highest BCUT2D eigenvalue weighted by Crippen LogP contribution is 2.41. The van der Waals surface area contributed by atoms with Gasteiger partial charge in [-0.25, -0.2) is 29.1 Å². The number of carboxylic acid groups (broad SMARTS) is 1. The zero-order valence-corrected chi connectivity index (χ0v) is 46.8. The third-order valence-corrected chi connectivity index (χ3v) is 12.1. The molecule has 77 heavy (non-hydrogen) atoms. The topological polar surface area (TPSA) is 256 Å². The van der Waals surface area contributed by atoms with Gasteiger partial charge in [-0.3, -0.25) is 19.2 Å². The molecule has 3 aromatic carbocycles. The van der Waals surface area contributed by atoms with E-state index in [1.807, 2.05) is 24.3 Å². The van der Waals surface area contributed by atoms with Crippen molar-refractivity contribution >= 4 is 47.8 Å². The molecule has 0 spiro atoms. The van der Waals surface area contributed by atoms with Crippen LogP contribution in [0.15, 0.2) is 66.9 Å². The minimum atomic E-state index is -1.53. The quantitative estimate of drug-likeness (QED) is 0.0516. The summed E-state index contributed by atoms with van der Waals surface area (Å²) in [6.45, 7) is 24.1. The van der Waals surface area contributed by atoms with Gasteiger partial charge in [0, 0.05) is 67.6 Å². The van der Waals surface area contributed by atoms with E-state index < -0.39 is 101 Å². The summed E-state index contributed by atoms with van der Waals surface area (Å²) in [7, 11) is 1.36. The van der Waals surface area contributed by atoms with Crippen molar-refractivity contribution in [3.63, 3.8) is 0 Å². The number of alkyl carbamates (subject to hydrolysis) is 1. The molecule has 2 heterocycles. The molecule has 4 bridgehead atoms. The van der Waals surface area contributed by atoms with Gasteiger partial charge in [-0.1, -0.05) is 64.1 Å². The number of carboxylic acids is 1. The molecular formula is C58H73N5O14. The summed E-state index contributed by atoms with van der Waals surface area (Å²) in [6, 6.07) is 13.4. The van der Waals surface area contributed by atoms with Crippen LogP contribution in [0.3, 0.4) is 0 Å². The molecule has 0 saturated carbocycles. The number of hydrogen-bond acceptors (Lipinski definition) is 15. The van der Waals surface area contributed by atoms with E-state index in [2.05, 4.69) is 41.4 Å². The first kappa shape index (κ1) is 60.2. The highest BCUT2D eigenvalue weighted by atomic mass is 16.7. The summed E-state index contributed by atoms with van der Waals surface area (Å²) >= 11 is 0. The first-order valence-corrected chi connectivity index (χ1v) is 25.4. The number of nitrogens with one attached hydrogen (secondary N) is 2. The Morgan fingerprint density at radius 2 is 1.32 bits per heavy atom. The van der Waals surface area contributed by atoms with E-state index in [4.69, 9.17) is 23.7 Å². The van der Waals surface area contributed by atoms with Gasteiger partial charge in [0.2, 0.25) is 11.8 Å². The molecule has 19 nitrogen and oxygen atoms in total. The van der Waals surface area contributed by atoms with Gasteiger partial charge < -0.3 is 44.3 Å². The number of nitrogens with zero attached hydrogens (tertiary/aromatic N) is 3. The van der Waals surface area contributed by atoms with E-state index in [-0.39, 0.29) is 58.6 Å². The van der Waals surface area contributed by atoms with Crippen molar-refractivity contribution in [2.75, 3.05) is 13.6 Å².